The molecule has 0 aromatic carbocycles. The van der Waals surface area contributed by atoms with Crippen molar-refractivity contribution in [3.8, 4) is 0 Å². The van der Waals surface area contributed by atoms with Gasteiger partial charge in [0.05, 0.1) is 39.9 Å². The molecular formula is C74H149N2O6P. The van der Waals surface area contributed by atoms with Crippen LogP contribution in [0.5, 0.6) is 0 Å². The summed E-state index contributed by atoms with van der Waals surface area (Å²) < 4.78 is 23.6. The van der Waals surface area contributed by atoms with Crippen molar-refractivity contribution >= 4 is 13.7 Å². The Morgan fingerprint density at radius 3 is 0.940 bits per heavy atom. The number of rotatable bonds is 71. The molecule has 0 heterocycles. The van der Waals surface area contributed by atoms with Crippen molar-refractivity contribution in [1.29, 1.82) is 0 Å². The SMILES string of the molecule is CCCCCCCCCCCCCCCCCC/C=C\CCCCCCCCCCCCCCCCCCCC(=O)NC(COP(=O)([O-])OCC[N+](C)(C)C)C(O)CCCCCCCCCCCCCCCCCCCCCCCCCC. The van der Waals surface area contributed by atoms with Crippen LogP contribution in [0.2, 0.25) is 0 Å². The van der Waals surface area contributed by atoms with Gasteiger partial charge in [-0.3, -0.25) is 9.36 Å². The Balaban J connectivity index is 3.92. The molecule has 3 atom stereocenters. The molecule has 0 aromatic rings. The van der Waals surface area contributed by atoms with Crippen molar-refractivity contribution in [1.82, 2.24) is 5.32 Å². The van der Waals surface area contributed by atoms with Gasteiger partial charge in [0.25, 0.3) is 7.82 Å². The lowest BCUT2D eigenvalue weighted by molar-refractivity contribution is -0.870. The third-order valence-electron chi connectivity index (χ3n) is 17.8. The summed E-state index contributed by atoms with van der Waals surface area (Å²) in [5.41, 5.74) is 0. The summed E-state index contributed by atoms with van der Waals surface area (Å²) in [7, 11) is 1.33. The summed E-state index contributed by atoms with van der Waals surface area (Å²) in [5.74, 6) is -0.155. The first-order valence-corrected chi connectivity index (χ1v) is 39.0. The fourth-order valence-corrected chi connectivity index (χ4v) is 12.6. The van der Waals surface area contributed by atoms with Gasteiger partial charge in [-0.05, 0) is 38.5 Å². The first-order valence-electron chi connectivity index (χ1n) is 37.5. The van der Waals surface area contributed by atoms with E-state index >= 15 is 0 Å². The predicted octanol–water partition coefficient (Wildman–Crippen LogP) is 23.4. The standard InChI is InChI=1S/C74H149N2O6P/c1-6-8-10-12-14-16-18-20-22-24-26-28-30-32-33-34-35-36-37-38-39-40-41-42-43-44-46-48-50-52-54-56-58-60-62-64-66-68-74(78)75-72(71-82-83(79,80)81-70-69-76(3,4)5)73(77)67-65-63-61-59-57-55-53-51-49-47-45-31-29-27-25-23-21-19-17-15-13-11-9-7-2/h36-37,72-73,77H,6-35,38-71H2,1-5H3,(H-,75,78,79,80)/b37-36-. The van der Waals surface area contributed by atoms with Gasteiger partial charge in [0.1, 0.15) is 13.2 Å². The number of hydrogen-bond acceptors (Lipinski definition) is 6. The lowest BCUT2D eigenvalue weighted by Crippen LogP contribution is -2.46. The van der Waals surface area contributed by atoms with Gasteiger partial charge >= 0.3 is 0 Å². The van der Waals surface area contributed by atoms with Crippen LogP contribution in [0.3, 0.4) is 0 Å². The van der Waals surface area contributed by atoms with E-state index in [-0.39, 0.29) is 19.1 Å². The predicted molar refractivity (Wildman–Crippen MR) is 362 cm³/mol. The topological polar surface area (TPSA) is 108 Å². The fraction of sp³-hybridized carbons (Fsp3) is 0.959. The van der Waals surface area contributed by atoms with Crippen LogP contribution in [0.25, 0.3) is 0 Å². The first-order chi connectivity index (χ1) is 40.5. The van der Waals surface area contributed by atoms with Crippen LogP contribution in [0, 0.1) is 0 Å². The number of allylic oxidation sites excluding steroid dienone is 2. The van der Waals surface area contributed by atoms with Gasteiger partial charge in [-0.1, -0.05) is 373 Å². The monoisotopic (exact) mass is 1190 g/mol. The van der Waals surface area contributed by atoms with Crippen LogP contribution in [0.4, 0.5) is 0 Å². The second-order valence-corrected chi connectivity index (χ2v) is 28.8. The van der Waals surface area contributed by atoms with Gasteiger partial charge in [0, 0.05) is 6.42 Å². The van der Waals surface area contributed by atoms with Gasteiger partial charge in [-0.15, -0.1) is 0 Å². The van der Waals surface area contributed by atoms with Crippen LogP contribution in [-0.2, 0) is 18.4 Å². The van der Waals surface area contributed by atoms with Crippen LogP contribution < -0.4 is 10.2 Å². The summed E-state index contributed by atoms with van der Waals surface area (Å²) in [4.78, 5) is 25.7. The number of phosphoric acid groups is 1. The van der Waals surface area contributed by atoms with Gasteiger partial charge in [0.2, 0.25) is 5.91 Å². The Labute approximate surface area is 520 Å². The van der Waals surface area contributed by atoms with Crippen molar-refractivity contribution < 1.29 is 32.9 Å². The van der Waals surface area contributed by atoms with Gasteiger partial charge in [-0.2, -0.15) is 0 Å². The van der Waals surface area contributed by atoms with Crippen LogP contribution in [0.15, 0.2) is 12.2 Å². The number of carbonyl (C=O) groups excluding carboxylic acids is 1. The zero-order valence-electron chi connectivity index (χ0n) is 56.9. The minimum Gasteiger partial charge on any atom is -0.756 e. The Hall–Kier alpha value is -0.760. The first kappa shape index (κ1) is 82.2. The molecule has 0 fully saturated rings. The summed E-state index contributed by atoms with van der Waals surface area (Å²) in [6.07, 6.45) is 84.6. The number of phosphoric ester groups is 1. The van der Waals surface area contributed by atoms with Crippen LogP contribution >= 0.6 is 7.82 Å². The lowest BCUT2D eigenvalue weighted by atomic mass is 10.0. The highest BCUT2D eigenvalue weighted by atomic mass is 31.2. The van der Waals surface area contributed by atoms with E-state index in [1.54, 1.807) is 0 Å². The second-order valence-electron chi connectivity index (χ2n) is 27.4. The van der Waals surface area contributed by atoms with Gasteiger partial charge in [-0.25, -0.2) is 0 Å². The van der Waals surface area contributed by atoms with Crippen molar-refractivity contribution in [2.45, 2.75) is 418 Å². The highest BCUT2D eigenvalue weighted by molar-refractivity contribution is 7.45. The van der Waals surface area contributed by atoms with Crippen LogP contribution in [-0.4, -0.2) is 68.5 Å². The summed E-state index contributed by atoms with van der Waals surface area (Å²) >= 11 is 0. The molecule has 9 heteroatoms. The number of nitrogens with one attached hydrogen (secondary N) is 1. The average Bonchev–Trinajstić information content (AvgIpc) is 3.50. The Morgan fingerprint density at radius 2 is 0.663 bits per heavy atom. The third-order valence-corrected chi connectivity index (χ3v) is 18.7. The molecule has 8 nitrogen and oxygen atoms in total. The molecular weight excluding hydrogens is 1040 g/mol. The van der Waals surface area contributed by atoms with Crippen molar-refractivity contribution in [2.24, 2.45) is 0 Å². The Morgan fingerprint density at radius 1 is 0.410 bits per heavy atom. The third kappa shape index (κ3) is 68.6. The maximum atomic E-state index is 13.1. The number of carbonyl (C=O) groups is 1. The maximum absolute atomic E-state index is 13.1. The Bertz CT molecular complexity index is 1360. The number of aliphatic hydroxyl groups excluding tert-OH is 1. The van der Waals surface area contributed by atoms with Gasteiger partial charge < -0.3 is 28.8 Å². The van der Waals surface area contributed by atoms with E-state index in [2.05, 4.69) is 31.3 Å². The number of likely N-dealkylation sites (N-methyl/N-ethyl adjacent to an activating group) is 1. The zero-order chi connectivity index (χ0) is 60.5. The normalized spacial score (nSPS) is 13.6. The van der Waals surface area contributed by atoms with Crippen molar-refractivity contribution in [2.75, 3.05) is 40.9 Å². The molecule has 0 saturated heterocycles. The molecule has 0 aromatic heterocycles. The van der Waals surface area contributed by atoms with Crippen molar-refractivity contribution in [3.63, 3.8) is 0 Å². The highest BCUT2D eigenvalue weighted by Gasteiger charge is 2.24. The highest BCUT2D eigenvalue weighted by Crippen LogP contribution is 2.38. The van der Waals surface area contributed by atoms with E-state index in [0.29, 0.717) is 23.9 Å². The van der Waals surface area contributed by atoms with E-state index < -0.39 is 20.0 Å². The number of quaternary nitrogens is 1. The number of hydrogen-bond donors (Lipinski definition) is 2. The molecule has 3 unspecified atom stereocenters. The Kier molecular flexibility index (Phi) is 65.1. The number of nitrogens with zero attached hydrogens (tertiary/aromatic N) is 1. The molecule has 496 valence electrons. The minimum atomic E-state index is -4.58. The molecule has 1 amide bonds. The number of aliphatic hydroxyl groups is 1. The molecule has 0 aliphatic carbocycles. The van der Waals surface area contributed by atoms with Crippen molar-refractivity contribution in [3.05, 3.63) is 12.2 Å². The minimum absolute atomic E-state index is 0.0158. The molecule has 0 saturated carbocycles. The van der Waals surface area contributed by atoms with E-state index in [1.165, 1.54) is 340 Å². The molecule has 83 heavy (non-hydrogen) atoms. The zero-order valence-corrected chi connectivity index (χ0v) is 57.8. The summed E-state index contributed by atoms with van der Waals surface area (Å²) in [6.45, 7) is 4.80. The molecule has 0 spiro atoms. The van der Waals surface area contributed by atoms with E-state index in [4.69, 9.17) is 9.05 Å². The van der Waals surface area contributed by atoms with Gasteiger partial charge in [0.15, 0.2) is 0 Å². The molecule has 0 aliphatic heterocycles. The maximum Gasteiger partial charge on any atom is 0.268 e. The lowest BCUT2D eigenvalue weighted by Gasteiger charge is -2.30. The molecule has 0 rings (SSSR count). The summed E-state index contributed by atoms with van der Waals surface area (Å²) in [5, 5.41) is 14.1. The number of amides is 1. The fourth-order valence-electron chi connectivity index (χ4n) is 11.9. The molecule has 2 N–H and O–H groups in total. The second kappa shape index (κ2) is 65.7. The van der Waals surface area contributed by atoms with E-state index in [1.807, 2.05) is 21.1 Å². The average molecular weight is 1190 g/mol. The van der Waals surface area contributed by atoms with E-state index in [9.17, 15) is 19.4 Å². The largest absolute Gasteiger partial charge is 0.756 e. The molecule has 0 bridgehead atoms. The number of unbranched alkanes of at least 4 members (excludes halogenated alkanes) is 56. The summed E-state index contributed by atoms with van der Waals surface area (Å²) in [6, 6.07) is -0.799. The van der Waals surface area contributed by atoms with E-state index in [0.717, 1.165) is 38.5 Å². The molecule has 0 aliphatic rings. The molecule has 0 radical (unpaired) electrons. The smallest absolute Gasteiger partial charge is 0.268 e. The quantitative estimate of drug-likeness (QED) is 0.0272. The van der Waals surface area contributed by atoms with Crippen LogP contribution in [0.1, 0.15) is 406 Å².